The van der Waals surface area contributed by atoms with Crippen LogP contribution in [0, 0.1) is 27.7 Å². The summed E-state index contributed by atoms with van der Waals surface area (Å²) in [5.74, 6) is -0.0935. The number of benzene rings is 1. The standard InChI is InChI=1S/C23H28N4O4S2/c1-15-5-6-16(2)19(13-15)33(30,31)27-11-9-25(10-12-27)20(28)7-8-26-14-24-22-21(23(26)29)17(3)18(4)32-22/h5-6,13-14H,7-12H2,1-4H3. The van der Waals surface area contributed by atoms with E-state index in [1.54, 1.807) is 17.9 Å². The highest BCUT2D eigenvalue weighted by atomic mass is 32.2. The number of aromatic nitrogens is 2. The predicted octanol–water partition coefficient (Wildman–Crippen LogP) is 2.61. The number of fused-ring (bicyclic) bond motifs is 1. The summed E-state index contributed by atoms with van der Waals surface area (Å²) < 4.78 is 29.1. The van der Waals surface area contributed by atoms with E-state index in [9.17, 15) is 18.0 Å². The van der Waals surface area contributed by atoms with Crippen molar-refractivity contribution in [3.63, 3.8) is 0 Å². The van der Waals surface area contributed by atoms with Crippen LogP contribution >= 0.6 is 11.3 Å². The number of hydrogen-bond acceptors (Lipinski definition) is 6. The Hall–Kier alpha value is -2.56. The minimum atomic E-state index is -3.61. The van der Waals surface area contributed by atoms with Gasteiger partial charge >= 0.3 is 0 Å². The lowest BCUT2D eigenvalue weighted by molar-refractivity contribution is -0.132. The Morgan fingerprint density at radius 2 is 1.79 bits per heavy atom. The minimum absolute atomic E-state index is 0.0935. The van der Waals surface area contributed by atoms with Crippen LogP contribution in [0.1, 0.15) is 28.0 Å². The number of sulfonamides is 1. The molecule has 10 heteroatoms. The molecule has 1 aliphatic heterocycles. The lowest BCUT2D eigenvalue weighted by Gasteiger charge is -2.34. The number of amides is 1. The average Bonchev–Trinajstić information content (AvgIpc) is 3.09. The Morgan fingerprint density at radius 1 is 1.09 bits per heavy atom. The summed E-state index contributed by atoms with van der Waals surface area (Å²) >= 11 is 1.50. The molecule has 1 amide bonds. The van der Waals surface area contributed by atoms with Gasteiger partial charge in [0.05, 0.1) is 16.6 Å². The molecule has 0 radical (unpaired) electrons. The van der Waals surface area contributed by atoms with Crippen molar-refractivity contribution in [3.05, 3.63) is 56.4 Å². The van der Waals surface area contributed by atoms with Crippen molar-refractivity contribution < 1.29 is 13.2 Å². The Morgan fingerprint density at radius 3 is 2.48 bits per heavy atom. The van der Waals surface area contributed by atoms with Crippen LogP contribution in [0.25, 0.3) is 10.2 Å². The predicted molar refractivity (Wildman–Crippen MR) is 129 cm³/mol. The number of aryl methyl sites for hydroxylation is 5. The van der Waals surface area contributed by atoms with Crippen LogP contribution in [-0.4, -0.2) is 59.3 Å². The Kier molecular flexibility index (Phi) is 6.43. The number of thiophene rings is 1. The molecular weight excluding hydrogens is 460 g/mol. The maximum Gasteiger partial charge on any atom is 0.262 e. The molecule has 0 bridgehead atoms. The molecule has 176 valence electrons. The number of rotatable bonds is 5. The summed E-state index contributed by atoms with van der Waals surface area (Å²) in [6.07, 6.45) is 1.67. The largest absolute Gasteiger partial charge is 0.340 e. The molecule has 2 aromatic heterocycles. The maximum atomic E-state index is 13.1. The van der Waals surface area contributed by atoms with Crippen molar-refractivity contribution in [3.8, 4) is 0 Å². The Bertz CT molecular complexity index is 1380. The normalized spacial score (nSPS) is 15.3. The zero-order chi connectivity index (χ0) is 23.9. The number of carbonyl (C=O) groups excluding carboxylic acids is 1. The molecule has 1 aliphatic rings. The lowest BCUT2D eigenvalue weighted by Crippen LogP contribution is -2.50. The van der Waals surface area contributed by atoms with Crippen LogP contribution < -0.4 is 5.56 Å². The fourth-order valence-electron chi connectivity index (χ4n) is 4.11. The number of nitrogens with zero attached hydrogens (tertiary/aromatic N) is 4. The molecule has 0 atom stereocenters. The van der Waals surface area contributed by atoms with Gasteiger partial charge in [-0.15, -0.1) is 11.3 Å². The highest BCUT2D eigenvalue weighted by Gasteiger charge is 2.31. The van der Waals surface area contributed by atoms with E-state index in [2.05, 4.69) is 4.98 Å². The molecule has 0 aliphatic carbocycles. The van der Waals surface area contributed by atoms with E-state index in [-0.39, 0.29) is 37.5 Å². The second-order valence-electron chi connectivity index (χ2n) is 8.51. The highest BCUT2D eigenvalue weighted by Crippen LogP contribution is 2.25. The van der Waals surface area contributed by atoms with Crippen molar-refractivity contribution in [1.82, 2.24) is 18.8 Å². The topological polar surface area (TPSA) is 92.6 Å². The Labute approximate surface area is 197 Å². The van der Waals surface area contributed by atoms with Gasteiger partial charge < -0.3 is 4.90 Å². The quantitative estimate of drug-likeness (QED) is 0.551. The fourth-order valence-corrected chi connectivity index (χ4v) is 6.83. The minimum Gasteiger partial charge on any atom is -0.340 e. The van der Waals surface area contributed by atoms with Gasteiger partial charge in [0.15, 0.2) is 0 Å². The molecular formula is C23H28N4O4S2. The van der Waals surface area contributed by atoms with Gasteiger partial charge in [-0.1, -0.05) is 12.1 Å². The first-order chi connectivity index (χ1) is 15.6. The van der Waals surface area contributed by atoms with Gasteiger partial charge in [-0.25, -0.2) is 13.4 Å². The van der Waals surface area contributed by atoms with E-state index < -0.39 is 10.0 Å². The molecule has 0 unspecified atom stereocenters. The van der Waals surface area contributed by atoms with Gasteiger partial charge in [-0.3, -0.25) is 14.2 Å². The van der Waals surface area contributed by atoms with E-state index in [1.807, 2.05) is 32.9 Å². The molecule has 1 saturated heterocycles. The van der Waals surface area contributed by atoms with Crippen molar-refractivity contribution in [1.29, 1.82) is 0 Å². The maximum absolute atomic E-state index is 13.1. The summed E-state index contributed by atoms with van der Waals surface area (Å²) in [6.45, 7) is 8.96. The molecule has 3 heterocycles. The lowest BCUT2D eigenvalue weighted by atomic mass is 10.2. The van der Waals surface area contributed by atoms with Crippen LogP contribution in [0.3, 0.4) is 0 Å². The molecule has 4 rings (SSSR count). The number of carbonyl (C=O) groups is 1. The second kappa shape index (κ2) is 9.00. The molecule has 1 fully saturated rings. The first-order valence-corrected chi connectivity index (χ1v) is 13.2. The van der Waals surface area contributed by atoms with E-state index in [4.69, 9.17) is 0 Å². The van der Waals surface area contributed by atoms with Crippen LogP contribution in [-0.2, 0) is 21.4 Å². The van der Waals surface area contributed by atoms with Crippen molar-refractivity contribution >= 4 is 37.5 Å². The SMILES string of the molecule is Cc1ccc(C)c(S(=O)(=O)N2CCN(C(=O)CCn3cnc4sc(C)c(C)c4c3=O)CC2)c1. The number of piperazine rings is 1. The van der Waals surface area contributed by atoms with Crippen molar-refractivity contribution in [2.45, 2.75) is 45.6 Å². The van der Waals surface area contributed by atoms with Gasteiger partial charge in [0.1, 0.15) is 4.83 Å². The van der Waals surface area contributed by atoms with Crippen LogP contribution in [0.2, 0.25) is 0 Å². The van der Waals surface area contributed by atoms with Crippen LogP contribution in [0.5, 0.6) is 0 Å². The molecule has 8 nitrogen and oxygen atoms in total. The third kappa shape index (κ3) is 4.47. The third-order valence-corrected chi connectivity index (χ3v) is 9.43. The van der Waals surface area contributed by atoms with Crippen molar-refractivity contribution in [2.24, 2.45) is 0 Å². The van der Waals surface area contributed by atoms with Crippen LogP contribution in [0.4, 0.5) is 0 Å². The zero-order valence-corrected chi connectivity index (χ0v) is 20.9. The highest BCUT2D eigenvalue weighted by molar-refractivity contribution is 7.89. The van der Waals surface area contributed by atoms with E-state index in [1.165, 1.54) is 26.5 Å². The monoisotopic (exact) mass is 488 g/mol. The summed E-state index contributed by atoms with van der Waals surface area (Å²) in [5, 5.41) is 0.623. The molecule has 0 N–H and O–H groups in total. The molecule has 3 aromatic rings. The van der Waals surface area contributed by atoms with Gasteiger partial charge in [0.2, 0.25) is 15.9 Å². The second-order valence-corrected chi connectivity index (χ2v) is 11.6. The van der Waals surface area contributed by atoms with Crippen molar-refractivity contribution in [2.75, 3.05) is 26.2 Å². The third-order valence-electron chi connectivity index (χ3n) is 6.28. The average molecular weight is 489 g/mol. The number of hydrogen-bond donors (Lipinski definition) is 0. The Balaban J connectivity index is 1.40. The van der Waals surface area contributed by atoms with E-state index >= 15 is 0 Å². The fraction of sp³-hybridized carbons (Fsp3) is 0.435. The van der Waals surface area contributed by atoms with Gasteiger partial charge in [-0.2, -0.15) is 4.31 Å². The van der Waals surface area contributed by atoms with Gasteiger partial charge in [-0.05, 0) is 50.5 Å². The summed E-state index contributed by atoms with van der Waals surface area (Å²) in [5.41, 5.74) is 2.42. The summed E-state index contributed by atoms with van der Waals surface area (Å²) in [7, 11) is -3.61. The van der Waals surface area contributed by atoms with E-state index in [0.717, 1.165) is 20.8 Å². The summed E-state index contributed by atoms with van der Waals surface area (Å²) in [6, 6.07) is 5.40. The molecule has 0 spiro atoms. The first-order valence-electron chi connectivity index (χ1n) is 10.9. The van der Waals surface area contributed by atoms with Gasteiger partial charge in [0, 0.05) is 44.0 Å². The smallest absolute Gasteiger partial charge is 0.262 e. The first kappa shape index (κ1) is 23.6. The molecule has 33 heavy (non-hydrogen) atoms. The van der Waals surface area contributed by atoms with Gasteiger partial charge in [0.25, 0.3) is 5.56 Å². The summed E-state index contributed by atoms with van der Waals surface area (Å²) in [4.78, 5) is 33.7. The van der Waals surface area contributed by atoms with Crippen LogP contribution in [0.15, 0.2) is 34.2 Å². The zero-order valence-electron chi connectivity index (χ0n) is 19.3. The van der Waals surface area contributed by atoms with E-state index in [0.29, 0.717) is 28.9 Å². The molecule has 1 aromatic carbocycles. The molecule has 0 saturated carbocycles.